The van der Waals surface area contributed by atoms with Crippen molar-refractivity contribution in [3.8, 4) is 5.75 Å². The van der Waals surface area contributed by atoms with Crippen LogP contribution in [0.25, 0.3) is 0 Å². The third kappa shape index (κ3) is 5.49. The normalized spacial score (nSPS) is 11.2. The molecular weight excluding hydrogens is 410 g/mol. The van der Waals surface area contributed by atoms with Gasteiger partial charge in [0.15, 0.2) is 0 Å². The molecule has 3 rings (SSSR count). The molecule has 0 aliphatic heterocycles. The maximum Gasteiger partial charge on any atom is 0.417 e. The summed E-state index contributed by atoms with van der Waals surface area (Å²) in [6, 6.07) is 19.4. The van der Waals surface area contributed by atoms with Gasteiger partial charge in [0.2, 0.25) is 0 Å². The number of nitrogens with zero attached hydrogens (tertiary/aromatic N) is 2. The number of benzene rings is 3. The molecule has 1 amide bonds. The Hall–Kier alpha value is -4.05. The molecule has 30 heavy (non-hydrogen) atoms. The number of hydrogen-bond donors (Lipinski definition) is 1. The summed E-state index contributed by atoms with van der Waals surface area (Å²) in [7, 11) is -4.15. The van der Waals surface area contributed by atoms with E-state index in [9.17, 15) is 23.3 Å². The van der Waals surface area contributed by atoms with E-state index in [1.54, 1.807) is 42.5 Å². The second-order valence-electron chi connectivity index (χ2n) is 5.92. The Kier molecular flexibility index (Phi) is 6.18. The SMILES string of the molecule is O=C(Nc1ccccc1)Oc1cccc(/C=N/S(=O)(=O)c2cccc([N+](=O)[O-])c2)c1. The Morgan fingerprint density at radius 3 is 2.47 bits per heavy atom. The van der Waals surface area contributed by atoms with Crippen molar-refractivity contribution in [2.24, 2.45) is 4.40 Å². The van der Waals surface area contributed by atoms with Crippen LogP contribution in [-0.2, 0) is 10.0 Å². The van der Waals surface area contributed by atoms with Crippen LogP contribution in [0.3, 0.4) is 0 Å². The van der Waals surface area contributed by atoms with Gasteiger partial charge in [-0.25, -0.2) is 4.79 Å². The number of nitro groups is 1. The Morgan fingerprint density at radius 1 is 1.00 bits per heavy atom. The molecule has 0 heterocycles. The second-order valence-corrected chi connectivity index (χ2v) is 7.55. The summed E-state index contributed by atoms with van der Waals surface area (Å²) in [6.07, 6.45) is 0.357. The summed E-state index contributed by atoms with van der Waals surface area (Å²) in [5.74, 6) is 0.181. The fourth-order valence-corrected chi connectivity index (χ4v) is 3.28. The third-order valence-electron chi connectivity index (χ3n) is 3.76. The first-order valence-electron chi connectivity index (χ1n) is 8.52. The van der Waals surface area contributed by atoms with E-state index in [4.69, 9.17) is 4.74 Å². The lowest BCUT2D eigenvalue weighted by Gasteiger charge is -2.07. The molecule has 0 aliphatic rings. The van der Waals surface area contributed by atoms with Gasteiger partial charge in [-0.15, -0.1) is 0 Å². The molecule has 1 N–H and O–H groups in total. The highest BCUT2D eigenvalue weighted by atomic mass is 32.2. The first-order chi connectivity index (χ1) is 14.3. The summed E-state index contributed by atoms with van der Waals surface area (Å²) in [5, 5.41) is 13.4. The number of rotatable bonds is 6. The lowest BCUT2D eigenvalue weighted by atomic mass is 10.2. The number of para-hydroxylation sites is 1. The average molecular weight is 425 g/mol. The molecular formula is C20H15N3O6S. The van der Waals surface area contributed by atoms with Gasteiger partial charge in [0.1, 0.15) is 5.75 Å². The minimum atomic E-state index is -4.15. The fraction of sp³-hybridized carbons (Fsp3) is 0. The number of carbonyl (C=O) groups is 1. The summed E-state index contributed by atoms with van der Waals surface area (Å²) in [4.78, 5) is 21.8. The summed E-state index contributed by atoms with van der Waals surface area (Å²) in [5.41, 5.74) is 0.559. The number of non-ortho nitro benzene ring substituents is 1. The molecule has 3 aromatic rings. The van der Waals surface area contributed by atoms with Crippen molar-refractivity contribution in [2.45, 2.75) is 4.90 Å². The zero-order chi connectivity index (χ0) is 21.6. The van der Waals surface area contributed by atoms with E-state index in [-0.39, 0.29) is 16.3 Å². The first kappa shape index (κ1) is 20.7. The van der Waals surface area contributed by atoms with Gasteiger partial charge in [0.25, 0.3) is 15.7 Å². The van der Waals surface area contributed by atoms with Crippen LogP contribution in [0, 0.1) is 10.1 Å². The standard InChI is InChI=1S/C20H15N3O6S/c24-20(22-16-7-2-1-3-8-16)29-18-10-4-6-15(12-18)14-21-30(27,28)19-11-5-9-17(13-19)23(25)26/h1-14H,(H,22,24)/b21-14+. The van der Waals surface area contributed by atoms with Gasteiger partial charge >= 0.3 is 6.09 Å². The van der Waals surface area contributed by atoms with E-state index in [2.05, 4.69) is 9.71 Å². The molecule has 10 heteroatoms. The lowest BCUT2D eigenvalue weighted by Crippen LogP contribution is -2.16. The number of nitrogens with one attached hydrogen (secondary N) is 1. The Morgan fingerprint density at radius 2 is 1.73 bits per heavy atom. The summed E-state index contributed by atoms with van der Waals surface area (Å²) in [6.45, 7) is 0. The molecule has 0 saturated heterocycles. The van der Waals surface area contributed by atoms with E-state index in [0.717, 1.165) is 12.3 Å². The van der Waals surface area contributed by atoms with Gasteiger partial charge in [-0.1, -0.05) is 36.4 Å². The van der Waals surface area contributed by atoms with E-state index < -0.39 is 21.0 Å². The summed E-state index contributed by atoms with van der Waals surface area (Å²) >= 11 is 0. The molecule has 0 saturated carbocycles. The second kappa shape index (κ2) is 8.97. The van der Waals surface area contributed by atoms with Crippen molar-refractivity contribution >= 4 is 33.7 Å². The van der Waals surface area contributed by atoms with Gasteiger partial charge in [-0.3, -0.25) is 15.4 Å². The molecule has 0 aliphatic carbocycles. The largest absolute Gasteiger partial charge is 0.417 e. The van der Waals surface area contributed by atoms with Crippen molar-refractivity contribution in [2.75, 3.05) is 5.32 Å². The first-order valence-corrected chi connectivity index (χ1v) is 9.96. The van der Waals surface area contributed by atoms with Gasteiger partial charge in [0, 0.05) is 24.0 Å². The van der Waals surface area contributed by atoms with Crippen LogP contribution in [0.5, 0.6) is 5.75 Å². The molecule has 0 aromatic heterocycles. The molecule has 9 nitrogen and oxygen atoms in total. The Labute approximate surface area is 171 Å². The number of nitro benzene ring substituents is 1. The number of sulfonamides is 1. The minimum Gasteiger partial charge on any atom is -0.410 e. The molecule has 0 atom stereocenters. The van der Waals surface area contributed by atoms with Crippen molar-refractivity contribution in [1.82, 2.24) is 0 Å². The number of anilines is 1. The lowest BCUT2D eigenvalue weighted by molar-refractivity contribution is -0.385. The smallest absolute Gasteiger partial charge is 0.410 e. The number of carbonyl (C=O) groups excluding carboxylic acids is 1. The minimum absolute atomic E-state index is 0.181. The van der Waals surface area contributed by atoms with Crippen LogP contribution < -0.4 is 10.1 Å². The van der Waals surface area contributed by atoms with Crippen molar-refractivity contribution < 1.29 is 22.9 Å². The highest BCUT2D eigenvalue weighted by Crippen LogP contribution is 2.20. The van der Waals surface area contributed by atoms with Crippen molar-refractivity contribution in [3.63, 3.8) is 0 Å². The van der Waals surface area contributed by atoms with Gasteiger partial charge in [0.05, 0.1) is 9.82 Å². The summed E-state index contributed by atoms with van der Waals surface area (Å²) < 4.78 is 33.4. The highest BCUT2D eigenvalue weighted by molar-refractivity contribution is 7.90. The number of ether oxygens (including phenoxy) is 1. The van der Waals surface area contributed by atoms with Crippen LogP contribution in [-0.4, -0.2) is 25.6 Å². The maximum atomic E-state index is 12.3. The zero-order valence-electron chi connectivity index (χ0n) is 15.3. The number of hydrogen-bond acceptors (Lipinski definition) is 6. The van der Waals surface area contributed by atoms with Crippen molar-refractivity contribution in [3.05, 3.63) is 94.5 Å². The van der Waals surface area contributed by atoms with Crippen LogP contribution in [0.4, 0.5) is 16.2 Å². The van der Waals surface area contributed by atoms with Crippen LogP contribution in [0.1, 0.15) is 5.56 Å². The molecule has 0 unspecified atom stereocenters. The van der Waals surface area contributed by atoms with Gasteiger partial charge in [-0.05, 0) is 35.9 Å². The van der Waals surface area contributed by atoms with Crippen molar-refractivity contribution in [1.29, 1.82) is 0 Å². The predicted octanol–water partition coefficient (Wildman–Crippen LogP) is 4.01. The van der Waals surface area contributed by atoms with E-state index in [0.29, 0.717) is 11.3 Å². The zero-order valence-corrected chi connectivity index (χ0v) is 16.2. The third-order valence-corrected chi connectivity index (χ3v) is 4.99. The van der Waals surface area contributed by atoms with E-state index >= 15 is 0 Å². The fourth-order valence-electron chi connectivity index (χ4n) is 2.38. The van der Waals surface area contributed by atoms with E-state index in [1.807, 2.05) is 0 Å². The average Bonchev–Trinajstić information content (AvgIpc) is 2.73. The maximum absolute atomic E-state index is 12.3. The molecule has 0 radical (unpaired) electrons. The molecule has 3 aromatic carbocycles. The predicted molar refractivity (Wildman–Crippen MR) is 110 cm³/mol. The Bertz CT molecular complexity index is 1210. The molecule has 0 fully saturated rings. The van der Waals surface area contributed by atoms with Gasteiger partial charge < -0.3 is 4.74 Å². The molecule has 0 spiro atoms. The van der Waals surface area contributed by atoms with Crippen LogP contribution >= 0.6 is 0 Å². The molecule has 0 bridgehead atoms. The van der Waals surface area contributed by atoms with Crippen LogP contribution in [0.15, 0.2) is 88.2 Å². The quantitative estimate of drug-likeness (QED) is 0.361. The van der Waals surface area contributed by atoms with Gasteiger partial charge in [-0.2, -0.15) is 12.8 Å². The molecule has 152 valence electrons. The van der Waals surface area contributed by atoms with E-state index in [1.165, 1.54) is 30.3 Å². The van der Waals surface area contributed by atoms with Crippen LogP contribution in [0.2, 0.25) is 0 Å². The Balaban J connectivity index is 1.72. The number of amides is 1. The monoisotopic (exact) mass is 425 g/mol. The highest BCUT2D eigenvalue weighted by Gasteiger charge is 2.16. The topological polar surface area (TPSA) is 128 Å².